The number of carbonyl (C=O) groups excluding carboxylic acids is 1. The molecule has 0 N–H and O–H groups in total. The molecule has 1 aliphatic heterocycles. The van der Waals surface area contributed by atoms with Gasteiger partial charge in [0.25, 0.3) is 0 Å². The summed E-state index contributed by atoms with van der Waals surface area (Å²) in [5.41, 5.74) is 0. The van der Waals surface area contributed by atoms with Gasteiger partial charge in [-0.05, 0) is 18.6 Å². The van der Waals surface area contributed by atoms with Crippen molar-refractivity contribution in [3.05, 3.63) is 24.2 Å². The Kier molecular flexibility index (Phi) is 6.02. The Bertz CT molecular complexity index is 560. The van der Waals surface area contributed by atoms with Gasteiger partial charge in [-0.3, -0.25) is 4.79 Å². The van der Waals surface area contributed by atoms with Crippen LogP contribution in [0.25, 0.3) is 0 Å². The van der Waals surface area contributed by atoms with Gasteiger partial charge in [-0.1, -0.05) is 13.3 Å². The molecule has 0 aromatic carbocycles. The molecule has 7 heteroatoms. The summed E-state index contributed by atoms with van der Waals surface area (Å²) >= 11 is 0. The van der Waals surface area contributed by atoms with Crippen LogP contribution < -0.4 is 0 Å². The van der Waals surface area contributed by atoms with Crippen molar-refractivity contribution in [1.29, 1.82) is 0 Å². The highest BCUT2D eigenvalue weighted by Crippen LogP contribution is 2.12. The van der Waals surface area contributed by atoms with E-state index in [0.717, 1.165) is 12.2 Å². The lowest BCUT2D eigenvalue weighted by molar-refractivity contribution is -0.132. The summed E-state index contributed by atoms with van der Waals surface area (Å²) in [6, 6.07) is 3.66. The minimum absolute atomic E-state index is 0.0574. The quantitative estimate of drug-likeness (QED) is 0.760. The van der Waals surface area contributed by atoms with Crippen molar-refractivity contribution in [1.82, 2.24) is 9.21 Å². The van der Waals surface area contributed by atoms with Gasteiger partial charge in [0.15, 0.2) is 0 Å². The van der Waals surface area contributed by atoms with Crippen LogP contribution in [0.4, 0.5) is 0 Å². The Balaban J connectivity index is 1.77. The minimum atomic E-state index is -3.16. The summed E-state index contributed by atoms with van der Waals surface area (Å²) in [5, 5.41) is 0. The van der Waals surface area contributed by atoms with Gasteiger partial charge in [-0.25, -0.2) is 8.42 Å². The molecule has 6 nitrogen and oxygen atoms in total. The summed E-state index contributed by atoms with van der Waals surface area (Å²) in [6.07, 6.45) is 4.13. The second kappa shape index (κ2) is 7.78. The van der Waals surface area contributed by atoms with Gasteiger partial charge in [-0.15, -0.1) is 0 Å². The minimum Gasteiger partial charge on any atom is -0.469 e. The van der Waals surface area contributed by atoms with Crippen molar-refractivity contribution in [2.45, 2.75) is 32.6 Å². The van der Waals surface area contributed by atoms with Gasteiger partial charge in [0.05, 0.1) is 12.0 Å². The second-order valence-corrected chi connectivity index (χ2v) is 7.62. The third kappa shape index (κ3) is 4.58. The number of amides is 1. The molecule has 0 unspecified atom stereocenters. The number of hydrogen-bond donors (Lipinski definition) is 0. The van der Waals surface area contributed by atoms with E-state index in [1.807, 2.05) is 13.0 Å². The van der Waals surface area contributed by atoms with Crippen molar-refractivity contribution in [3.63, 3.8) is 0 Å². The van der Waals surface area contributed by atoms with E-state index in [1.165, 1.54) is 4.31 Å². The number of hydrogen-bond acceptors (Lipinski definition) is 4. The first-order chi connectivity index (χ1) is 10.5. The van der Waals surface area contributed by atoms with Crippen LogP contribution in [0.5, 0.6) is 0 Å². The molecule has 1 saturated heterocycles. The normalized spacial score (nSPS) is 16.9. The molecule has 2 rings (SSSR count). The molecule has 0 bridgehead atoms. The Morgan fingerprint density at radius 2 is 2.00 bits per heavy atom. The average molecular weight is 328 g/mol. The van der Waals surface area contributed by atoms with Crippen LogP contribution in [0, 0.1) is 0 Å². The Labute approximate surface area is 132 Å². The number of aryl methyl sites for hydroxylation is 1. The van der Waals surface area contributed by atoms with Crippen LogP contribution in [-0.2, 0) is 21.2 Å². The van der Waals surface area contributed by atoms with E-state index in [9.17, 15) is 13.2 Å². The smallest absolute Gasteiger partial charge is 0.223 e. The lowest BCUT2D eigenvalue weighted by Gasteiger charge is -2.34. The van der Waals surface area contributed by atoms with Gasteiger partial charge in [0.1, 0.15) is 5.76 Å². The number of carbonyl (C=O) groups is 1. The molecule has 0 spiro atoms. The molecule has 2 heterocycles. The fraction of sp³-hybridized carbons (Fsp3) is 0.667. The molecular weight excluding hydrogens is 304 g/mol. The maximum absolute atomic E-state index is 12.1. The van der Waals surface area contributed by atoms with E-state index in [1.54, 1.807) is 17.2 Å². The van der Waals surface area contributed by atoms with Crippen molar-refractivity contribution in [3.8, 4) is 0 Å². The number of piperazine rings is 1. The highest BCUT2D eigenvalue weighted by atomic mass is 32.2. The molecule has 0 saturated carbocycles. The van der Waals surface area contributed by atoms with Crippen molar-refractivity contribution in [2.24, 2.45) is 0 Å². The highest BCUT2D eigenvalue weighted by Gasteiger charge is 2.28. The molecule has 124 valence electrons. The lowest BCUT2D eigenvalue weighted by Crippen LogP contribution is -2.51. The first-order valence-corrected chi connectivity index (χ1v) is 9.42. The lowest BCUT2D eigenvalue weighted by atomic mass is 10.2. The number of sulfonamides is 1. The van der Waals surface area contributed by atoms with Gasteiger partial charge in [0, 0.05) is 39.0 Å². The third-order valence-corrected chi connectivity index (χ3v) is 5.86. The number of furan rings is 1. The molecule has 0 atom stereocenters. The highest BCUT2D eigenvalue weighted by molar-refractivity contribution is 7.89. The third-order valence-electron chi connectivity index (χ3n) is 3.91. The molecule has 1 aliphatic rings. The zero-order valence-corrected chi connectivity index (χ0v) is 13.8. The Morgan fingerprint density at radius 3 is 2.59 bits per heavy atom. The largest absolute Gasteiger partial charge is 0.469 e. The first kappa shape index (κ1) is 17.0. The number of unbranched alkanes of at least 4 members (excludes halogenated alkanes) is 1. The summed E-state index contributed by atoms with van der Waals surface area (Å²) < 4.78 is 30.9. The summed E-state index contributed by atoms with van der Waals surface area (Å²) in [7, 11) is -3.16. The standard InChI is InChI=1S/C15H24N2O4S/c1-2-3-13-22(19,20)17-10-8-16(9-11-17)15(18)7-6-14-5-4-12-21-14/h4-5,12H,2-3,6-11,13H2,1H3. The molecule has 22 heavy (non-hydrogen) atoms. The molecule has 0 radical (unpaired) electrons. The van der Waals surface area contributed by atoms with E-state index >= 15 is 0 Å². The number of nitrogens with zero attached hydrogens (tertiary/aromatic N) is 2. The van der Waals surface area contributed by atoms with Crippen LogP contribution in [0.3, 0.4) is 0 Å². The fourth-order valence-electron chi connectivity index (χ4n) is 2.51. The van der Waals surface area contributed by atoms with Crippen molar-refractivity contribution >= 4 is 15.9 Å². The van der Waals surface area contributed by atoms with Gasteiger partial charge >= 0.3 is 0 Å². The van der Waals surface area contributed by atoms with E-state index in [2.05, 4.69) is 0 Å². The zero-order chi connectivity index (χ0) is 16.0. The van der Waals surface area contributed by atoms with Crippen LogP contribution in [0.1, 0.15) is 31.9 Å². The topological polar surface area (TPSA) is 70.8 Å². The van der Waals surface area contributed by atoms with Gasteiger partial charge < -0.3 is 9.32 Å². The van der Waals surface area contributed by atoms with E-state index in [0.29, 0.717) is 45.4 Å². The molecular formula is C15H24N2O4S. The van der Waals surface area contributed by atoms with Crippen LogP contribution in [0.2, 0.25) is 0 Å². The average Bonchev–Trinajstić information content (AvgIpc) is 3.04. The molecule has 1 aromatic heterocycles. The molecule has 1 aromatic rings. The summed E-state index contributed by atoms with van der Waals surface area (Å²) in [4.78, 5) is 13.9. The predicted octanol–water partition coefficient (Wildman–Crippen LogP) is 1.49. The van der Waals surface area contributed by atoms with E-state index in [4.69, 9.17) is 4.42 Å². The molecule has 0 aliphatic carbocycles. The Morgan fingerprint density at radius 1 is 1.27 bits per heavy atom. The SMILES string of the molecule is CCCCS(=O)(=O)N1CCN(C(=O)CCc2ccco2)CC1. The maximum Gasteiger partial charge on any atom is 0.223 e. The van der Waals surface area contributed by atoms with Crippen molar-refractivity contribution < 1.29 is 17.6 Å². The number of rotatable bonds is 7. The zero-order valence-electron chi connectivity index (χ0n) is 13.0. The van der Waals surface area contributed by atoms with Crippen LogP contribution in [0.15, 0.2) is 22.8 Å². The maximum atomic E-state index is 12.1. The fourth-order valence-corrected chi connectivity index (χ4v) is 4.15. The van der Waals surface area contributed by atoms with E-state index < -0.39 is 10.0 Å². The summed E-state index contributed by atoms with van der Waals surface area (Å²) in [6.45, 7) is 3.73. The monoisotopic (exact) mass is 328 g/mol. The van der Waals surface area contributed by atoms with E-state index in [-0.39, 0.29) is 11.7 Å². The molecule has 1 fully saturated rings. The van der Waals surface area contributed by atoms with Crippen LogP contribution in [-0.4, -0.2) is 55.5 Å². The summed E-state index contributed by atoms with van der Waals surface area (Å²) in [5.74, 6) is 1.06. The van der Waals surface area contributed by atoms with Gasteiger partial charge in [0.2, 0.25) is 15.9 Å². The van der Waals surface area contributed by atoms with Crippen molar-refractivity contribution in [2.75, 3.05) is 31.9 Å². The van der Waals surface area contributed by atoms with Gasteiger partial charge in [-0.2, -0.15) is 4.31 Å². The predicted molar refractivity (Wildman–Crippen MR) is 83.9 cm³/mol. The molecule has 1 amide bonds. The van der Waals surface area contributed by atoms with Crippen LogP contribution >= 0.6 is 0 Å². The Hall–Kier alpha value is -1.34. The second-order valence-electron chi connectivity index (χ2n) is 5.53. The first-order valence-electron chi connectivity index (χ1n) is 7.81.